The molecule has 4 nitrogen and oxygen atoms in total. The van der Waals surface area contributed by atoms with Crippen LogP contribution in [0.25, 0.3) is 0 Å². The van der Waals surface area contributed by atoms with Crippen molar-refractivity contribution >= 4 is 15.7 Å². The maximum atomic E-state index is 13.4. The van der Waals surface area contributed by atoms with E-state index < -0.39 is 10.0 Å². The molecule has 1 unspecified atom stereocenters. The predicted octanol–water partition coefficient (Wildman–Crippen LogP) is 5.15. The fraction of sp³-hybridized carbons (Fsp3) is 0.208. The Kier molecular flexibility index (Phi) is 5.01. The van der Waals surface area contributed by atoms with Gasteiger partial charge in [0.25, 0.3) is 10.0 Å². The normalized spacial score (nSPS) is 16.7. The lowest BCUT2D eigenvalue weighted by atomic mass is 9.98. The maximum absolute atomic E-state index is 13.4. The first-order valence-corrected chi connectivity index (χ1v) is 11.1. The monoisotopic (exact) mass is 404 g/mol. The molecule has 4 rings (SSSR count). The summed E-state index contributed by atoms with van der Waals surface area (Å²) in [6, 6.07) is 22.6. The van der Waals surface area contributed by atoms with Gasteiger partial charge in [0.05, 0.1) is 16.6 Å². The zero-order valence-corrected chi connectivity index (χ0v) is 17.6. The summed E-state index contributed by atoms with van der Waals surface area (Å²) in [6.45, 7) is 5.99. The Balaban J connectivity index is 1.79. The molecule has 0 saturated carbocycles. The Labute approximate surface area is 172 Å². The van der Waals surface area contributed by atoms with Crippen LogP contribution in [0.5, 0.6) is 0 Å². The molecular weight excluding hydrogens is 380 g/mol. The molecule has 3 aromatic rings. The molecule has 1 aliphatic heterocycles. The van der Waals surface area contributed by atoms with Gasteiger partial charge in [-0.15, -0.1) is 0 Å². The van der Waals surface area contributed by atoms with Crippen molar-refractivity contribution in [2.75, 3.05) is 0 Å². The molecule has 0 aliphatic carbocycles. The van der Waals surface area contributed by atoms with Crippen molar-refractivity contribution in [1.82, 2.24) is 4.41 Å². The molecule has 5 heteroatoms. The molecule has 148 valence electrons. The largest absolute Gasteiger partial charge is 0.279 e. The summed E-state index contributed by atoms with van der Waals surface area (Å²) in [4.78, 5) is 0.258. The number of rotatable bonds is 4. The lowest BCUT2D eigenvalue weighted by Gasteiger charge is -2.23. The van der Waals surface area contributed by atoms with Gasteiger partial charge in [-0.1, -0.05) is 77.4 Å². The minimum Gasteiger partial charge on any atom is -0.200 e. The first-order valence-electron chi connectivity index (χ1n) is 9.67. The van der Waals surface area contributed by atoms with Crippen LogP contribution in [0, 0.1) is 20.8 Å². The van der Waals surface area contributed by atoms with Crippen LogP contribution in [0.15, 0.2) is 82.8 Å². The number of nitrogens with zero attached hydrogens (tertiary/aromatic N) is 2. The van der Waals surface area contributed by atoms with E-state index in [0.29, 0.717) is 6.42 Å². The van der Waals surface area contributed by atoms with Gasteiger partial charge in [0, 0.05) is 6.42 Å². The summed E-state index contributed by atoms with van der Waals surface area (Å²) >= 11 is 0. The third-order valence-corrected chi connectivity index (χ3v) is 6.98. The van der Waals surface area contributed by atoms with Gasteiger partial charge in [0.2, 0.25) is 0 Å². The van der Waals surface area contributed by atoms with E-state index in [-0.39, 0.29) is 10.9 Å². The molecule has 1 heterocycles. The quantitative estimate of drug-likeness (QED) is 0.604. The SMILES string of the molecule is Cc1ccc(C2=NN(S(=O)(=O)c3ccc(C)cc3)C(c3ccc(C)cc3)C2)cc1. The van der Waals surface area contributed by atoms with Crippen LogP contribution in [0.3, 0.4) is 0 Å². The van der Waals surface area contributed by atoms with Crippen LogP contribution in [0.1, 0.15) is 40.3 Å². The number of hydrogen-bond acceptors (Lipinski definition) is 3. The lowest BCUT2D eigenvalue weighted by Crippen LogP contribution is -2.27. The van der Waals surface area contributed by atoms with Crippen molar-refractivity contribution in [1.29, 1.82) is 0 Å². The van der Waals surface area contributed by atoms with Crippen molar-refractivity contribution < 1.29 is 8.42 Å². The molecule has 0 N–H and O–H groups in total. The summed E-state index contributed by atoms with van der Waals surface area (Å²) < 4.78 is 28.2. The van der Waals surface area contributed by atoms with Gasteiger partial charge >= 0.3 is 0 Å². The number of aryl methyl sites for hydroxylation is 3. The van der Waals surface area contributed by atoms with E-state index >= 15 is 0 Å². The molecule has 1 atom stereocenters. The number of benzene rings is 3. The molecule has 0 bridgehead atoms. The van der Waals surface area contributed by atoms with Crippen LogP contribution in [0.2, 0.25) is 0 Å². The Hall–Kier alpha value is -2.92. The second-order valence-corrected chi connectivity index (χ2v) is 9.43. The Morgan fingerprint density at radius 2 is 1.24 bits per heavy atom. The highest BCUT2D eigenvalue weighted by molar-refractivity contribution is 7.89. The van der Waals surface area contributed by atoms with Crippen LogP contribution in [-0.4, -0.2) is 18.5 Å². The molecule has 0 radical (unpaired) electrons. The molecule has 0 spiro atoms. The summed E-state index contributed by atoms with van der Waals surface area (Å²) in [6.07, 6.45) is 0.539. The molecule has 29 heavy (non-hydrogen) atoms. The van der Waals surface area contributed by atoms with E-state index in [2.05, 4.69) is 5.10 Å². The highest BCUT2D eigenvalue weighted by Crippen LogP contribution is 2.37. The van der Waals surface area contributed by atoms with Gasteiger partial charge in [-0.25, -0.2) is 0 Å². The highest BCUT2D eigenvalue weighted by atomic mass is 32.2. The molecule has 1 aliphatic rings. The second-order valence-electron chi connectivity index (χ2n) is 7.63. The van der Waals surface area contributed by atoms with Crippen LogP contribution >= 0.6 is 0 Å². The van der Waals surface area contributed by atoms with Crippen molar-refractivity contribution in [3.63, 3.8) is 0 Å². The Morgan fingerprint density at radius 3 is 1.79 bits per heavy atom. The summed E-state index contributed by atoms with van der Waals surface area (Å²) in [5.41, 5.74) is 5.99. The van der Waals surface area contributed by atoms with Crippen LogP contribution < -0.4 is 0 Å². The summed E-state index contributed by atoms with van der Waals surface area (Å²) in [7, 11) is -3.77. The van der Waals surface area contributed by atoms with E-state index in [1.54, 1.807) is 12.1 Å². The topological polar surface area (TPSA) is 49.7 Å². The second kappa shape index (κ2) is 7.48. The van der Waals surface area contributed by atoms with E-state index in [0.717, 1.165) is 33.5 Å². The van der Waals surface area contributed by atoms with Crippen LogP contribution in [-0.2, 0) is 10.0 Å². The van der Waals surface area contributed by atoms with E-state index in [9.17, 15) is 8.42 Å². The lowest BCUT2D eigenvalue weighted by molar-refractivity contribution is 0.371. The van der Waals surface area contributed by atoms with E-state index in [1.807, 2.05) is 81.4 Å². The van der Waals surface area contributed by atoms with Crippen molar-refractivity contribution in [2.45, 2.75) is 38.1 Å². The molecule has 0 aromatic heterocycles. The number of hydrazone groups is 1. The molecular formula is C24H24N2O2S. The average molecular weight is 405 g/mol. The first kappa shape index (κ1) is 19.4. The predicted molar refractivity (Wildman–Crippen MR) is 116 cm³/mol. The molecule has 0 amide bonds. The minimum atomic E-state index is -3.77. The zero-order chi connectivity index (χ0) is 20.6. The zero-order valence-electron chi connectivity index (χ0n) is 16.8. The molecule has 0 saturated heterocycles. The fourth-order valence-electron chi connectivity index (χ4n) is 3.49. The van der Waals surface area contributed by atoms with Gasteiger partial charge < -0.3 is 0 Å². The Morgan fingerprint density at radius 1 is 0.759 bits per heavy atom. The van der Waals surface area contributed by atoms with E-state index in [4.69, 9.17) is 0 Å². The van der Waals surface area contributed by atoms with Gasteiger partial charge in [-0.05, 0) is 44.0 Å². The van der Waals surface area contributed by atoms with Gasteiger partial charge in [-0.2, -0.15) is 17.9 Å². The highest BCUT2D eigenvalue weighted by Gasteiger charge is 2.37. The summed E-state index contributed by atoms with van der Waals surface area (Å²) in [5.74, 6) is 0. The van der Waals surface area contributed by atoms with Crippen molar-refractivity contribution in [3.05, 3.63) is 101 Å². The standard InChI is InChI=1S/C24H24N2O2S/c1-17-4-10-20(11-5-17)23-16-24(21-12-6-18(2)7-13-21)26(25-23)29(27,28)22-14-8-19(3)9-15-22/h4-15,24H,16H2,1-3H3. The maximum Gasteiger partial charge on any atom is 0.279 e. The van der Waals surface area contributed by atoms with Gasteiger partial charge in [0.1, 0.15) is 0 Å². The molecule has 3 aromatic carbocycles. The Bertz CT molecular complexity index is 1150. The third kappa shape index (κ3) is 3.83. The minimum absolute atomic E-state index is 0.258. The number of sulfonamides is 1. The van der Waals surface area contributed by atoms with Gasteiger partial charge in [0.15, 0.2) is 0 Å². The fourth-order valence-corrected chi connectivity index (χ4v) is 4.92. The first-order chi connectivity index (χ1) is 13.8. The van der Waals surface area contributed by atoms with Crippen molar-refractivity contribution in [3.8, 4) is 0 Å². The summed E-state index contributed by atoms with van der Waals surface area (Å²) in [5, 5.41) is 4.60. The third-order valence-electron chi connectivity index (χ3n) is 5.28. The van der Waals surface area contributed by atoms with Crippen LogP contribution in [0.4, 0.5) is 0 Å². The number of hydrogen-bond donors (Lipinski definition) is 0. The smallest absolute Gasteiger partial charge is 0.200 e. The van der Waals surface area contributed by atoms with E-state index in [1.165, 1.54) is 4.41 Å². The molecule has 0 fully saturated rings. The van der Waals surface area contributed by atoms with Gasteiger partial charge in [-0.3, -0.25) is 0 Å². The average Bonchev–Trinajstić information content (AvgIpc) is 3.16. The van der Waals surface area contributed by atoms with Crippen molar-refractivity contribution in [2.24, 2.45) is 5.10 Å².